The van der Waals surface area contributed by atoms with Crippen molar-refractivity contribution in [2.24, 2.45) is 5.73 Å². The van der Waals surface area contributed by atoms with Gasteiger partial charge < -0.3 is 24.8 Å². The molecule has 1 fully saturated rings. The van der Waals surface area contributed by atoms with E-state index in [1.165, 1.54) is 0 Å². The molecule has 3 aromatic rings. The number of anilines is 1. The smallest absolute Gasteiger partial charge is 0.256 e. The van der Waals surface area contributed by atoms with Gasteiger partial charge in [0.15, 0.2) is 0 Å². The maximum absolute atomic E-state index is 13.3. The standard InChI is InChI=1S/C22H25ClN4O2/c1-29-21-5-3-2-4-19(21)25-10-12-26(13-11-25)22(28)18-15-27(9-8-24)20-14-16(23)6-7-17(18)20/h2-7,14-15H,8-13,24H2,1H3. The first-order valence-electron chi connectivity index (χ1n) is 9.78. The summed E-state index contributed by atoms with van der Waals surface area (Å²) in [6.45, 7) is 3.99. The normalized spacial score (nSPS) is 14.4. The summed E-state index contributed by atoms with van der Waals surface area (Å²) in [6.07, 6.45) is 1.91. The molecule has 1 saturated heterocycles. The summed E-state index contributed by atoms with van der Waals surface area (Å²) in [5.74, 6) is 0.904. The van der Waals surface area contributed by atoms with Crippen molar-refractivity contribution in [1.29, 1.82) is 0 Å². The predicted octanol–water partition coefficient (Wildman–Crippen LogP) is 3.22. The van der Waals surface area contributed by atoms with E-state index >= 15 is 0 Å². The zero-order valence-electron chi connectivity index (χ0n) is 16.5. The second-order valence-corrected chi connectivity index (χ2v) is 7.57. The highest BCUT2D eigenvalue weighted by molar-refractivity contribution is 6.31. The van der Waals surface area contributed by atoms with Crippen LogP contribution in [0.15, 0.2) is 48.7 Å². The average molecular weight is 413 g/mol. The fraction of sp³-hybridized carbons (Fsp3) is 0.318. The molecule has 0 radical (unpaired) electrons. The van der Waals surface area contributed by atoms with Gasteiger partial charge in [-0.3, -0.25) is 4.79 Å². The van der Waals surface area contributed by atoms with Gasteiger partial charge in [0.1, 0.15) is 5.75 Å². The van der Waals surface area contributed by atoms with Crippen LogP contribution < -0.4 is 15.4 Å². The summed E-state index contributed by atoms with van der Waals surface area (Å²) in [6, 6.07) is 13.6. The van der Waals surface area contributed by atoms with Crippen molar-refractivity contribution in [3.05, 3.63) is 59.2 Å². The van der Waals surface area contributed by atoms with Crippen molar-refractivity contribution in [2.75, 3.05) is 44.7 Å². The maximum atomic E-state index is 13.3. The van der Waals surface area contributed by atoms with Gasteiger partial charge in [-0.25, -0.2) is 0 Å². The highest BCUT2D eigenvalue weighted by atomic mass is 35.5. The van der Waals surface area contributed by atoms with Gasteiger partial charge in [0.25, 0.3) is 5.91 Å². The Morgan fingerprint density at radius 2 is 1.90 bits per heavy atom. The molecule has 0 spiro atoms. The Balaban J connectivity index is 1.54. The lowest BCUT2D eigenvalue weighted by Gasteiger charge is -2.36. The summed E-state index contributed by atoms with van der Waals surface area (Å²) in [4.78, 5) is 17.5. The Kier molecular flexibility index (Phi) is 5.65. The van der Waals surface area contributed by atoms with Gasteiger partial charge in [-0.15, -0.1) is 0 Å². The Labute approximate surface area is 175 Å². The zero-order chi connectivity index (χ0) is 20.4. The molecule has 1 aliphatic rings. The fourth-order valence-electron chi connectivity index (χ4n) is 3.97. The molecule has 7 heteroatoms. The summed E-state index contributed by atoms with van der Waals surface area (Å²) < 4.78 is 7.49. The van der Waals surface area contributed by atoms with Crippen molar-refractivity contribution in [3.8, 4) is 5.75 Å². The Hall–Kier alpha value is -2.70. The van der Waals surface area contributed by atoms with Crippen LogP contribution in [-0.4, -0.2) is 55.2 Å². The van der Waals surface area contributed by atoms with E-state index in [0.29, 0.717) is 36.8 Å². The van der Waals surface area contributed by atoms with Gasteiger partial charge in [-0.1, -0.05) is 29.8 Å². The van der Waals surface area contributed by atoms with E-state index in [9.17, 15) is 4.79 Å². The number of hydrogen-bond donors (Lipinski definition) is 1. The Bertz CT molecular complexity index is 1020. The Morgan fingerprint density at radius 3 is 2.62 bits per heavy atom. The van der Waals surface area contributed by atoms with Crippen molar-refractivity contribution in [1.82, 2.24) is 9.47 Å². The molecule has 0 atom stereocenters. The van der Waals surface area contributed by atoms with Crippen LogP contribution in [0.1, 0.15) is 10.4 Å². The van der Waals surface area contributed by atoms with Crippen LogP contribution in [0.2, 0.25) is 5.02 Å². The molecule has 1 aromatic heterocycles. The highest BCUT2D eigenvalue weighted by Gasteiger charge is 2.26. The van der Waals surface area contributed by atoms with Crippen molar-refractivity contribution >= 4 is 34.1 Å². The van der Waals surface area contributed by atoms with E-state index in [1.807, 2.05) is 52.1 Å². The molecular formula is C22H25ClN4O2. The quantitative estimate of drug-likeness (QED) is 0.698. The van der Waals surface area contributed by atoms with Crippen LogP contribution in [0.4, 0.5) is 5.69 Å². The zero-order valence-corrected chi connectivity index (χ0v) is 17.2. The highest BCUT2D eigenvalue weighted by Crippen LogP contribution is 2.30. The van der Waals surface area contributed by atoms with Crippen molar-refractivity contribution in [2.45, 2.75) is 6.54 Å². The molecular weight excluding hydrogens is 388 g/mol. The minimum absolute atomic E-state index is 0.0489. The number of rotatable bonds is 5. The van der Waals surface area contributed by atoms with Crippen LogP contribution in [-0.2, 0) is 6.54 Å². The number of carbonyl (C=O) groups excluding carboxylic acids is 1. The molecule has 6 nitrogen and oxygen atoms in total. The lowest BCUT2D eigenvalue weighted by molar-refractivity contribution is 0.0748. The number of ether oxygens (including phenoxy) is 1. The van der Waals surface area contributed by atoms with Crippen LogP contribution in [0.3, 0.4) is 0 Å². The van der Waals surface area contributed by atoms with E-state index in [0.717, 1.165) is 35.4 Å². The molecule has 4 rings (SSSR count). The lowest BCUT2D eigenvalue weighted by Crippen LogP contribution is -2.48. The number of para-hydroxylation sites is 2. The molecule has 2 aromatic carbocycles. The minimum Gasteiger partial charge on any atom is -0.495 e. The largest absolute Gasteiger partial charge is 0.495 e. The van der Waals surface area contributed by atoms with Crippen LogP contribution in [0.25, 0.3) is 10.9 Å². The third-order valence-electron chi connectivity index (χ3n) is 5.44. The summed E-state index contributed by atoms with van der Waals surface area (Å²) in [5, 5.41) is 1.57. The molecule has 29 heavy (non-hydrogen) atoms. The minimum atomic E-state index is 0.0489. The predicted molar refractivity (Wildman–Crippen MR) is 117 cm³/mol. The number of nitrogens with two attached hydrogens (primary N) is 1. The van der Waals surface area contributed by atoms with E-state index in [2.05, 4.69) is 11.0 Å². The first-order valence-corrected chi connectivity index (χ1v) is 10.2. The summed E-state index contributed by atoms with van der Waals surface area (Å²) >= 11 is 6.17. The molecule has 1 aliphatic heterocycles. The Morgan fingerprint density at radius 1 is 1.14 bits per heavy atom. The summed E-state index contributed by atoms with van der Waals surface area (Å²) in [5.41, 5.74) is 8.46. The van der Waals surface area contributed by atoms with E-state index in [4.69, 9.17) is 22.1 Å². The van der Waals surface area contributed by atoms with Crippen LogP contribution in [0.5, 0.6) is 5.75 Å². The first kappa shape index (κ1) is 19.6. The van der Waals surface area contributed by atoms with E-state index in [-0.39, 0.29) is 5.91 Å². The third-order valence-corrected chi connectivity index (χ3v) is 5.67. The number of amides is 1. The third kappa shape index (κ3) is 3.78. The van der Waals surface area contributed by atoms with Crippen molar-refractivity contribution in [3.63, 3.8) is 0 Å². The molecule has 2 heterocycles. The van der Waals surface area contributed by atoms with Gasteiger partial charge in [-0.05, 0) is 24.3 Å². The van der Waals surface area contributed by atoms with Crippen LogP contribution in [0, 0.1) is 0 Å². The average Bonchev–Trinajstić information content (AvgIpc) is 3.11. The van der Waals surface area contributed by atoms with Gasteiger partial charge >= 0.3 is 0 Å². The number of piperazine rings is 1. The number of carbonyl (C=O) groups is 1. The van der Waals surface area contributed by atoms with E-state index < -0.39 is 0 Å². The number of halogens is 1. The molecule has 0 aliphatic carbocycles. The topological polar surface area (TPSA) is 63.7 Å². The number of methoxy groups -OCH3 is 1. The van der Waals surface area contributed by atoms with Gasteiger partial charge in [-0.2, -0.15) is 0 Å². The first-order chi connectivity index (χ1) is 14.1. The molecule has 2 N–H and O–H groups in total. The molecule has 0 saturated carbocycles. The fourth-order valence-corrected chi connectivity index (χ4v) is 4.14. The molecule has 152 valence electrons. The lowest BCUT2D eigenvalue weighted by atomic mass is 10.1. The van der Waals surface area contributed by atoms with Gasteiger partial charge in [0, 0.05) is 55.9 Å². The number of benzene rings is 2. The SMILES string of the molecule is COc1ccccc1N1CCN(C(=O)c2cn(CCN)c3cc(Cl)ccc23)CC1. The monoisotopic (exact) mass is 412 g/mol. The maximum Gasteiger partial charge on any atom is 0.256 e. The molecule has 0 unspecified atom stereocenters. The second-order valence-electron chi connectivity index (χ2n) is 7.14. The number of aromatic nitrogens is 1. The summed E-state index contributed by atoms with van der Waals surface area (Å²) in [7, 11) is 1.68. The number of hydrogen-bond acceptors (Lipinski definition) is 4. The van der Waals surface area contributed by atoms with E-state index in [1.54, 1.807) is 7.11 Å². The van der Waals surface area contributed by atoms with Crippen LogP contribution >= 0.6 is 11.6 Å². The van der Waals surface area contributed by atoms with Gasteiger partial charge in [0.2, 0.25) is 0 Å². The van der Waals surface area contributed by atoms with Gasteiger partial charge in [0.05, 0.1) is 23.9 Å². The van der Waals surface area contributed by atoms with Crippen molar-refractivity contribution < 1.29 is 9.53 Å². The molecule has 0 bridgehead atoms. The number of nitrogens with zero attached hydrogens (tertiary/aromatic N) is 3. The number of fused-ring (bicyclic) bond motifs is 1. The molecule has 1 amide bonds. The second kappa shape index (κ2) is 8.35.